The van der Waals surface area contributed by atoms with E-state index in [-0.39, 0.29) is 5.82 Å². The number of aromatic nitrogens is 1. The van der Waals surface area contributed by atoms with Gasteiger partial charge in [-0.3, -0.25) is 0 Å². The SMILES string of the molecule is Nc1cnc(Oc2cc(F)ccc2Br)s1. The number of hydrogen-bond acceptors (Lipinski definition) is 4. The Bertz CT molecular complexity index is 489. The monoisotopic (exact) mass is 288 g/mol. The third-order valence-electron chi connectivity index (χ3n) is 1.59. The number of thiazole rings is 1. The van der Waals surface area contributed by atoms with Crippen LogP contribution >= 0.6 is 27.3 Å². The summed E-state index contributed by atoms with van der Waals surface area (Å²) in [5.74, 6) is 0.0158. The molecular formula is C9H6BrFN2OS. The van der Waals surface area contributed by atoms with E-state index in [4.69, 9.17) is 10.5 Å². The molecule has 0 saturated carbocycles. The van der Waals surface area contributed by atoms with Gasteiger partial charge in [0.05, 0.1) is 10.7 Å². The van der Waals surface area contributed by atoms with Gasteiger partial charge < -0.3 is 10.5 Å². The van der Waals surface area contributed by atoms with Crippen LogP contribution < -0.4 is 10.5 Å². The van der Waals surface area contributed by atoms with E-state index >= 15 is 0 Å². The third kappa shape index (κ3) is 2.45. The van der Waals surface area contributed by atoms with Gasteiger partial charge in [0.1, 0.15) is 16.6 Å². The van der Waals surface area contributed by atoms with Crippen molar-refractivity contribution in [3.05, 3.63) is 34.7 Å². The fraction of sp³-hybridized carbons (Fsp3) is 0. The molecule has 15 heavy (non-hydrogen) atoms. The maximum Gasteiger partial charge on any atom is 0.280 e. The van der Waals surface area contributed by atoms with Crippen molar-refractivity contribution in [1.82, 2.24) is 4.98 Å². The first-order valence-electron chi connectivity index (χ1n) is 3.99. The zero-order valence-corrected chi connectivity index (χ0v) is 9.81. The summed E-state index contributed by atoms with van der Waals surface area (Å²) in [7, 11) is 0. The number of halogens is 2. The fourth-order valence-corrected chi connectivity index (χ4v) is 1.84. The minimum atomic E-state index is -0.363. The molecule has 3 nitrogen and oxygen atoms in total. The van der Waals surface area contributed by atoms with Gasteiger partial charge in [-0.25, -0.2) is 9.37 Å². The van der Waals surface area contributed by atoms with Crippen LogP contribution in [0.1, 0.15) is 0 Å². The highest BCUT2D eigenvalue weighted by atomic mass is 79.9. The fourth-order valence-electron chi connectivity index (χ4n) is 0.967. The molecule has 1 aromatic carbocycles. The Morgan fingerprint density at radius 2 is 2.27 bits per heavy atom. The Hall–Kier alpha value is -1.14. The van der Waals surface area contributed by atoms with Crippen LogP contribution in [0.3, 0.4) is 0 Å². The Morgan fingerprint density at radius 1 is 1.47 bits per heavy atom. The molecule has 2 N–H and O–H groups in total. The van der Waals surface area contributed by atoms with E-state index in [1.807, 2.05) is 0 Å². The minimum absolute atomic E-state index is 0.363. The van der Waals surface area contributed by atoms with Gasteiger partial charge in [0, 0.05) is 6.07 Å². The van der Waals surface area contributed by atoms with Crippen molar-refractivity contribution in [2.24, 2.45) is 0 Å². The van der Waals surface area contributed by atoms with Gasteiger partial charge in [-0.15, -0.1) is 0 Å². The van der Waals surface area contributed by atoms with Crippen molar-refractivity contribution in [3.63, 3.8) is 0 Å². The number of anilines is 1. The topological polar surface area (TPSA) is 48.1 Å². The molecule has 0 aliphatic heterocycles. The standard InChI is InChI=1S/C9H6BrFN2OS/c10-6-2-1-5(11)3-7(6)14-9-13-4-8(12)15-9/h1-4H,12H2. The molecule has 0 atom stereocenters. The highest BCUT2D eigenvalue weighted by molar-refractivity contribution is 9.10. The molecule has 0 amide bonds. The van der Waals surface area contributed by atoms with Gasteiger partial charge in [-0.1, -0.05) is 11.3 Å². The van der Waals surface area contributed by atoms with Crippen molar-refractivity contribution in [3.8, 4) is 10.9 Å². The normalized spacial score (nSPS) is 10.3. The van der Waals surface area contributed by atoms with Crippen molar-refractivity contribution in [1.29, 1.82) is 0 Å². The predicted molar refractivity (Wildman–Crippen MR) is 60.7 cm³/mol. The average Bonchev–Trinajstić information content (AvgIpc) is 2.58. The van der Waals surface area contributed by atoms with Gasteiger partial charge in [0.2, 0.25) is 0 Å². The zero-order valence-electron chi connectivity index (χ0n) is 7.41. The summed E-state index contributed by atoms with van der Waals surface area (Å²) in [6.07, 6.45) is 1.49. The smallest absolute Gasteiger partial charge is 0.280 e. The number of nitrogens with zero attached hydrogens (tertiary/aromatic N) is 1. The van der Waals surface area contributed by atoms with Crippen molar-refractivity contribution in [2.45, 2.75) is 0 Å². The molecule has 2 aromatic rings. The van der Waals surface area contributed by atoms with E-state index < -0.39 is 0 Å². The lowest BCUT2D eigenvalue weighted by atomic mass is 10.3. The van der Waals surface area contributed by atoms with Crippen LogP contribution in [0.25, 0.3) is 0 Å². The van der Waals surface area contributed by atoms with Crippen LogP contribution in [0.2, 0.25) is 0 Å². The second-order valence-corrected chi connectivity index (χ2v) is 4.58. The van der Waals surface area contributed by atoms with Crippen molar-refractivity contribution >= 4 is 32.3 Å². The van der Waals surface area contributed by atoms with E-state index in [0.29, 0.717) is 20.4 Å². The Labute approximate surface area is 97.8 Å². The second kappa shape index (κ2) is 4.16. The van der Waals surface area contributed by atoms with Crippen LogP contribution in [0.5, 0.6) is 10.9 Å². The number of nitrogen functional groups attached to an aromatic ring is 1. The summed E-state index contributed by atoms with van der Waals surface area (Å²) in [4.78, 5) is 3.91. The molecule has 1 aromatic heterocycles. The maximum atomic E-state index is 12.9. The molecule has 78 valence electrons. The Kier molecular flexibility index (Phi) is 2.88. The van der Waals surface area contributed by atoms with E-state index in [9.17, 15) is 4.39 Å². The summed E-state index contributed by atoms with van der Waals surface area (Å²) in [6.45, 7) is 0. The lowest BCUT2D eigenvalue weighted by Crippen LogP contribution is -1.85. The lowest BCUT2D eigenvalue weighted by molar-refractivity contribution is 0.470. The molecule has 0 spiro atoms. The van der Waals surface area contributed by atoms with Gasteiger partial charge in [-0.05, 0) is 28.1 Å². The molecule has 0 aliphatic carbocycles. The number of benzene rings is 1. The predicted octanol–water partition coefficient (Wildman–Crippen LogP) is 3.42. The number of rotatable bonds is 2. The quantitative estimate of drug-likeness (QED) is 0.921. The summed E-state index contributed by atoms with van der Waals surface area (Å²) >= 11 is 4.45. The van der Waals surface area contributed by atoms with Crippen LogP contribution in [0, 0.1) is 5.82 Å². The average molecular weight is 289 g/mol. The van der Waals surface area contributed by atoms with Crippen LogP contribution in [0.4, 0.5) is 9.39 Å². The largest absolute Gasteiger partial charge is 0.430 e. The summed E-state index contributed by atoms with van der Waals surface area (Å²) in [6, 6.07) is 4.19. The molecule has 0 saturated heterocycles. The maximum absolute atomic E-state index is 12.9. The van der Waals surface area contributed by atoms with Crippen molar-refractivity contribution in [2.75, 3.05) is 5.73 Å². The highest BCUT2D eigenvalue weighted by Crippen LogP contribution is 2.32. The van der Waals surface area contributed by atoms with Crippen LogP contribution in [0.15, 0.2) is 28.9 Å². The number of ether oxygens (including phenoxy) is 1. The first kappa shape index (κ1) is 10.4. The van der Waals surface area contributed by atoms with E-state index in [1.165, 1.54) is 29.7 Å². The molecular weight excluding hydrogens is 283 g/mol. The summed E-state index contributed by atoms with van der Waals surface area (Å²) < 4.78 is 18.9. The minimum Gasteiger partial charge on any atom is -0.430 e. The number of nitrogens with two attached hydrogens (primary N) is 1. The number of hydrogen-bond donors (Lipinski definition) is 1. The van der Waals surface area contributed by atoms with Gasteiger partial charge in [0.15, 0.2) is 0 Å². The molecule has 0 bridgehead atoms. The highest BCUT2D eigenvalue weighted by Gasteiger charge is 2.07. The van der Waals surface area contributed by atoms with Gasteiger partial charge in [0.25, 0.3) is 5.19 Å². The zero-order chi connectivity index (χ0) is 10.8. The van der Waals surface area contributed by atoms with E-state index in [2.05, 4.69) is 20.9 Å². The first-order chi connectivity index (χ1) is 7.15. The first-order valence-corrected chi connectivity index (χ1v) is 5.60. The van der Waals surface area contributed by atoms with Crippen molar-refractivity contribution < 1.29 is 9.13 Å². The molecule has 0 fully saturated rings. The third-order valence-corrected chi connectivity index (χ3v) is 2.95. The molecule has 1 heterocycles. The van der Waals surface area contributed by atoms with Crippen LogP contribution in [-0.2, 0) is 0 Å². The van der Waals surface area contributed by atoms with Gasteiger partial charge >= 0.3 is 0 Å². The van der Waals surface area contributed by atoms with Gasteiger partial charge in [-0.2, -0.15) is 0 Å². The summed E-state index contributed by atoms with van der Waals surface area (Å²) in [5.41, 5.74) is 5.49. The summed E-state index contributed by atoms with van der Waals surface area (Å²) in [5, 5.41) is 0.941. The Morgan fingerprint density at radius 3 is 2.93 bits per heavy atom. The Balaban J connectivity index is 2.27. The van der Waals surface area contributed by atoms with E-state index in [0.717, 1.165) is 0 Å². The molecule has 0 radical (unpaired) electrons. The van der Waals surface area contributed by atoms with Crippen LogP contribution in [-0.4, -0.2) is 4.98 Å². The molecule has 6 heteroatoms. The second-order valence-electron chi connectivity index (χ2n) is 2.71. The molecule has 0 unspecified atom stereocenters. The lowest BCUT2D eigenvalue weighted by Gasteiger charge is -2.03. The molecule has 0 aliphatic rings. The van der Waals surface area contributed by atoms with E-state index in [1.54, 1.807) is 6.07 Å². The molecule has 2 rings (SSSR count).